The topological polar surface area (TPSA) is 126 Å². The Kier molecular flexibility index (Phi) is 9.04. The number of carbonyl (C=O) groups is 1. The number of aryl methyl sites for hydroxylation is 1. The van der Waals surface area contributed by atoms with Crippen LogP contribution in [-0.4, -0.2) is 74.2 Å². The van der Waals surface area contributed by atoms with Crippen molar-refractivity contribution in [1.82, 2.24) is 39.5 Å². The third kappa shape index (κ3) is 6.39. The van der Waals surface area contributed by atoms with E-state index in [4.69, 9.17) is 33.2 Å². The summed E-state index contributed by atoms with van der Waals surface area (Å²) in [6.07, 6.45) is 14.2. The summed E-state index contributed by atoms with van der Waals surface area (Å²) in [6.45, 7) is 7.04. The van der Waals surface area contributed by atoms with Crippen LogP contribution in [0.15, 0.2) is 60.5 Å². The Morgan fingerprint density at radius 1 is 1.14 bits per heavy atom. The van der Waals surface area contributed by atoms with Gasteiger partial charge in [0.05, 0.1) is 26.7 Å². The normalized spacial score (nSPS) is 21.2. The van der Waals surface area contributed by atoms with E-state index in [0.717, 1.165) is 79.5 Å². The van der Waals surface area contributed by atoms with Crippen LogP contribution in [0, 0.1) is 5.92 Å². The molecule has 44 heavy (non-hydrogen) atoms. The lowest BCUT2D eigenvalue weighted by Crippen LogP contribution is -2.50. The molecule has 14 heteroatoms. The summed E-state index contributed by atoms with van der Waals surface area (Å²) in [7, 11) is -4.11. The fraction of sp³-hybridized carbons (Fsp3) is 0.433. The molecule has 2 aliphatic heterocycles. The van der Waals surface area contributed by atoms with Gasteiger partial charge in [0, 0.05) is 55.4 Å². The Bertz CT molecular complexity index is 1690. The highest BCUT2D eigenvalue weighted by Crippen LogP contribution is 2.32. The van der Waals surface area contributed by atoms with Crippen LogP contribution in [0.2, 0.25) is 10.0 Å². The van der Waals surface area contributed by atoms with E-state index in [1.54, 1.807) is 10.9 Å². The summed E-state index contributed by atoms with van der Waals surface area (Å²) in [5, 5.41) is 11.6. The minimum Gasteiger partial charge on any atom is -0.329 e. The maximum Gasteiger partial charge on any atom is 0.264 e. The van der Waals surface area contributed by atoms with Gasteiger partial charge in [0.1, 0.15) is 11.9 Å². The molecule has 0 spiro atoms. The van der Waals surface area contributed by atoms with Gasteiger partial charge in [0.25, 0.3) is 10.0 Å². The van der Waals surface area contributed by atoms with Crippen LogP contribution < -0.4 is 5.32 Å². The van der Waals surface area contributed by atoms with E-state index in [0.29, 0.717) is 11.6 Å². The number of aromatic nitrogens is 5. The van der Waals surface area contributed by atoms with Gasteiger partial charge in [-0.1, -0.05) is 34.5 Å². The van der Waals surface area contributed by atoms with Crippen LogP contribution >= 0.6 is 23.2 Å². The number of amides is 1. The number of fused-ring (bicyclic) bond motifs is 1. The van der Waals surface area contributed by atoms with E-state index in [-0.39, 0.29) is 27.4 Å². The van der Waals surface area contributed by atoms with E-state index in [9.17, 15) is 13.2 Å². The van der Waals surface area contributed by atoms with Crippen LogP contribution in [0.3, 0.4) is 0 Å². The Labute approximate surface area is 267 Å². The van der Waals surface area contributed by atoms with Gasteiger partial charge in [-0.2, -0.15) is 0 Å². The minimum absolute atomic E-state index is 0.0236. The summed E-state index contributed by atoms with van der Waals surface area (Å²) >= 11 is 12.1. The first-order valence-corrected chi connectivity index (χ1v) is 17.0. The number of piperidine rings is 1. The Morgan fingerprint density at radius 2 is 1.95 bits per heavy atom. The van der Waals surface area contributed by atoms with Crippen LogP contribution in [0.5, 0.6) is 0 Å². The number of carbonyl (C=O) groups excluding carboxylic acids is 1. The van der Waals surface area contributed by atoms with Crippen molar-refractivity contribution in [3.05, 3.63) is 88.5 Å². The van der Waals surface area contributed by atoms with Crippen molar-refractivity contribution < 1.29 is 13.2 Å². The molecule has 6 rings (SSSR count). The van der Waals surface area contributed by atoms with Crippen LogP contribution in [0.4, 0.5) is 0 Å². The lowest BCUT2D eigenvalue weighted by Gasteiger charge is -2.31. The molecule has 2 atom stereocenters. The first-order chi connectivity index (χ1) is 21.2. The number of nitrogens with zero attached hydrogens (tertiary/aromatic N) is 7. The number of halogens is 2. The van der Waals surface area contributed by atoms with Gasteiger partial charge < -0.3 is 10.2 Å². The molecular formula is C30H34Cl2N8O3S. The number of benzene rings is 1. The number of sulfonamides is 1. The second kappa shape index (κ2) is 13.0. The van der Waals surface area contributed by atoms with Crippen LogP contribution in [0.1, 0.15) is 54.5 Å². The number of hydrogen-bond donors (Lipinski definition) is 1. The van der Waals surface area contributed by atoms with E-state index < -0.39 is 22.0 Å². The zero-order valence-corrected chi connectivity index (χ0v) is 26.5. The summed E-state index contributed by atoms with van der Waals surface area (Å²) in [5.74, 6) is 1.01. The van der Waals surface area contributed by atoms with Crippen molar-refractivity contribution in [1.29, 1.82) is 0 Å². The number of rotatable bonds is 9. The molecule has 1 saturated heterocycles. The second-order valence-electron chi connectivity index (χ2n) is 11.4. The summed E-state index contributed by atoms with van der Waals surface area (Å²) < 4.78 is 29.8. The maximum atomic E-state index is 13.5. The molecule has 4 heterocycles. The van der Waals surface area contributed by atoms with E-state index >= 15 is 0 Å². The van der Waals surface area contributed by atoms with Crippen molar-refractivity contribution in [2.75, 3.05) is 19.6 Å². The lowest BCUT2D eigenvalue weighted by molar-refractivity contribution is -0.124. The van der Waals surface area contributed by atoms with Crippen molar-refractivity contribution >= 4 is 39.1 Å². The van der Waals surface area contributed by atoms with Gasteiger partial charge in [0.15, 0.2) is 0 Å². The van der Waals surface area contributed by atoms with Gasteiger partial charge in [-0.25, -0.2) is 23.1 Å². The second-order valence-corrected chi connectivity index (χ2v) is 14.1. The molecule has 11 nitrogen and oxygen atoms in total. The molecule has 0 bridgehead atoms. The summed E-state index contributed by atoms with van der Waals surface area (Å²) in [4.78, 5) is 24.9. The molecule has 0 radical (unpaired) electrons. The first kappa shape index (κ1) is 30.7. The molecule has 1 fully saturated rings. The maximum absolute atomic E-state index is 13.5. The largest absolute Gasteiger partial charge is 0.329 e. The van der Waals surface area contributed by atoms with Crippen molar-refractivity contribution in [3.8, 4) is 0 Å². The fourth-order valence-electron chi connectivity index (χ4n) is 6.09. The molecule has 1 N–H and O–H groups in total. The molecule has 0 unspecified atom stereocenters. The average molecular weight is 658 g/mol. The van der Waals surface area contributed by atoms with Gasteiger partial charge in [-0.15, -0.1) is 11.7 Å². The Morgan fingerprint density at radius 3 is 2.73 bits per heavy atom. The van der Waals surface area contributed by atoms with Crippen molar-refractivity contribution in [2.45, 2.75) is 61.9 Å². The lowest BCUT2D eigenvalue weighted by atomic mass is 9.92. The predicted molar refractivity (Wildman–Crippen MR) is 166 cm³/mol. The Hall–Kier alpha value is -3.32. The monoisotopic (exact) mass is 656 g/mol. The van der Waals surface area contributed by atoms with Gasteiger partial charge in [-0.3, -0.25) is 9.10 Å². The molecule has 1 aliphatic carbocycles. The number of likely N-dealkylation sites (tertiary alicyclic amines) is 1. The zero-order valence-electron chi connectivity index (χ0n) is 24.1. The molecule has 3 aromatic rings. The quantitative estimate of drug-likeness (QED) is 0.343. The van der Waals surface area contributed by atoms with Gasteiger partial charge in [-0.05, 0) is 69.3 Å². The van der Waals surface area contributed by atoms with Gasteiger partial charge in [0.2, 0.25) is 5.91 Å². The molecule has 232 valence electrons. The number of nitrogens with one attached hydrogen (secondary N) is 1. The van der Waals surface area contributed by atoms with E-state index in [1.807, 2.05) is 6.20 Å². The standard InChI is InChI=1S/C30H34Cl2N8O3S/c1-2-20-8-12-38(13-9-20)14-10-29-34-18-23-26(35-29)4-3-5-27(23)39-19-21(36-37-39)16-28-30(41)33-11-15-40(28)44(42,43)22-6-7-24(31)25(32)17-22/h2,6-7,11,15,17-20,27-28H,1,3-5,8-10,12-14,16H2,(H,33,41)/t27-,28-/m0/s1. The zero-order chi connectivity index (χ0) is 30.8. The molecule has 1 aromatic carbocycles. The minimum atomic E-state index is -4.11. The van der Waals surface area contributed by atoms with Crippen molar-refractivity contribution in [3.63, 3.8) is 0 Å². The van der Waals surface area contributed by atoms with E-state index in [2.05, 4.69) is 33.2 Å². The molecular weight excluding hydrogens is 623 g/mol. The highest BCUT2D eigenvalue weighted by atomic mass is 35.5. The summed E-state index contributed by atoms with van der Waals surface area (Å²) in [5.41, 5.74) is 2.54. The molecule has 0 saturated carbocycles. The van der Waals surface area contributed by atoms with Gasteiger partial charge >= 0.3 is 0 Å². The molecule has 1 amide bonds. The van der Waals surface area contributed by atoms with Crippen molar-refractivity contribution in [2.24, 2.45) is 5.92 Å². The fourth-order valence-corrected chi connectivity index (χ4v) is 7.92. The first-order valence-electron chi connectivity index (χ1n) is 14.8. The van der Waals surface area contributed by atoms with Crippen LogP contribution in [0.25, 0.3) is 0 Å². The molecule has 2 aromatic heterocycles. The number of allylic oxidation sites excluding steroid dienone is 1. The SMILES string of the molecule is C=CC1CCN(CCc2ncc3c(n2)CCC[C@@H]3n2cc(C[C@H]3C(=O)NC=CN3S(=O)(=O)c3ccc(Cl)c(Cl)c3)nn2)CC1. The summed E-state index contributed by atoms with van der Waals surface area (Å²) in [6, 6.07) is 2.87. The Balaban J connectivity index is 1.15. The highest BCUT2D eigenvalue weighted by Gasteiger charge is 2.37. The van der Waals surface area contributed by atoms with E-state index in [1.165, 1.54) is 30.6 Å². The number of hydrogen-bond acceptors (Lipinski definition) is 8. The predicted octanol–water partition coefficient (Wildman–Crippen LogP) is 3.94. The molecule has 3 aliphatic rings. The third-order valence-electron chi connectivity index (χ3n) is 8.62. The van der Waals surface area contributed by atoms with Crippen LogP contribution in [-0.2, 0) is 34.1 Å². The highest BCUT2D eigenvalue weighted by molar-refractivity contribution is 7.89. The third-order valence-corrected chi connectivity index (χ3v) is 11.1. The average Bonchev–Trinajstić information content (AvgIpc) is 3.50. The smallest absolute Gasteiger partial charge is 0.264 e.